The molecular weight excluding hydrogens is 443 g/mol. The highest BCUT2D eigenvalue weighted by atomic mass is 19.1. The first kappa shape index (κ1) is 24.6. The number of aromatic nitrogens is 1. The van der Waals surface area contributed by atoms with E-state index in [2.05, 4.69) is 10.3 Å². The van der Waals surface area contributed by atoms with Gasteiger partial charge in [0.2, 0.25) is 5.91 Å². The quantitative estimate of drug-likeness (QED) is 0.373. The van der Waals surface area contributed by atoms with Crippen LogP contribution in [0.1, 0.15) is 60.3 Å². The molecule has 2 aromatic carbocycles. The predicted octanol–water partition coefficient (Wildman–Crippen LogP) is 6.46. The maximum atomic E-state index is 13.6. The third-order valence-corrected chi connectivity index (χ3v) is 7.02. The second-order valence-electron chi connectivity index (χ2n) is 9.33. The number of alkyl halides is 1. The molecule has 0 saturated heterocycles. The van der Waals surface area contributed by atoms with Crippen molar-refractivity contribution >= 4 is 17.6 Å². The van der Waals surface area contributed by atoms with Crippen molar-refractivity contribution in [3.05, 3.63) is 83.2 Å². The lowest BCUT2D eigenvalue weighted by Gasteiger charge is -2.24. The van der Waals surface area contributed by atoms with Gasteiger partial charge in [-0.1, -0.05) is 49.2 Å². The summed E-state index contributed by atoms with van der Waals surface area (Å²) in [6.45, 7) is 1.37. The lowest BCUT2D eigenvalue weighted by molar-refractivity contribution is -0.137. The Morgan fingerprint density at radius 1 is 1.09 bits per heavy atom. The number of carbonyl (C=O) groups is 2. The number of anilines is 1. The van der Waals surface area contributed by atoms with Gasteiger partial charge in [0, 0.05) is 35.6 Å². The van der Waals surface area contributed by atoms with Crippen molar-refractivity contribution in [2.24, 2.45) is 5.92 Å². The summed E-state index contributed by atoms with van der Waals surface area (Å²) < 4.78 is 13.1. The van der Waals surface area contributed by atoms with Gasteiger partial charge in [0.15, 0.2) is 0 Å². The monoisotopic (exact) mass is 474 g/mol. The van der Waals surface area contributed by atoms with E-state index in [1.165, 1.54) is 6.20 Å². The molecule has 1 aliphatic rings. The molecule has 1 aromatic heterocycles. The number of hydrogen-bond donors (Lipinski definition) is 2. The fourth-order valence-corrected chi connectivity index (χ4v) is 5.07. The van der Waals surface area contributed by atoms with Gasteiger partial charge in [-0.2, -0.15) is 0 Å². The molecular formula is C29H31FN2O3. The van der Waals surface area contributed by atoms with E-state index in [1.54, 1.807) is 12.3 Å². The Morgan fingerprint density at radius 3 is 2.51 bits per heavy atom. The minimum atomic E-state index is -0.837. The molecule has 0 radical (unpaired) electrons. The van der Waals surface area contributed by atoms with Crippen molar-refractivity contribution < 1.29 is 19.1 Å². The first-order valence-corrected chi connectivity index (χ1v) is 12.2. The summed E-state index contributed by atoms with van der Waals surface area (Å²) in [5.74, 6) is -0.878. The van der Waals surface area contributed by atoms with E-state index >= 15 is 0 Å². The number of benzene rings is 2. The summed E-state index contributed by atoms with van der Waals surface area (Å²) in [5, 5.41) is 12.2. The molecule has 1 heterocycles. The van der Waals surface area contributed by atoms with E-state index in [-0.39, 0.29) is 24.2 Å². The van der Waals surface area contributed by atoms with Crippen LogP contribution in [-0.2, 0) is 22.7 Å². The molecule has 0 bridgehead atoms. The first-order chi connectivity index (χ1) is 17.0. The standard InChI is InChI=1S/C29H31FN2O3/c1-19-21(13-14-27(33)34)7-4-8-26(19)32-29(35)28(23-5-2-3-6-23)24-11-9-22(10-12-24)25-15-20(16-30)17-31-18-25/h4,7-12,15,17-18,23,28H,2-3,5-6,13-14,16H2,1H3,(H,32,35)(H,33,34)/t28-/m1/s1. The number of aryl methyl sites for hydroxylation is 1. The molecule has 0 spiro atoms. The Kier molecular flexibility index (Phi) is 7.91. The Balaban J connectivity index is 1.58. The minimum absolute atomic E-state index is 0.0378. The van der Waals surface area contributed by atoms with Crippen molar-refractivity contribution in [3.8, 4) is 11.1 Å². The molecule has 0 aliphatic heterocycles. The van der Waals surface area contributed by atoms with Gasteiger partial charge in [0.05, 0.1) is 5.92 Å². The Labute approximate surface area is 205 Å². The molecule has 0 unspecified atom stereocenters. The van der Waals surface area contributed by atoms with E-state index in [1.807, 2.05) is 49.4 Å². The Bertz CT molecular complexity index is 1190. The largest absolute Gasteiger partial charge is 0.481 e. The van der Waals surface area contributed by atoms with Crippen molar-refractivity contribution in [3.63, 3.8) is 0 Å². The van der Waals surface area contributed by atoms with Crippen molar-refractivity contribution in [2.45, 2.75) is 58.0 Å². The van der Waals surface area contributed by atoms with Gasteiger partial charge in [0.25, 0.3) is 0 Å². The minimum Gasteiger partial charge on any atom is -0.481 e. The number of carboxylic acids is 1. The molecule has 1 amide bonds. The molecule has 5 nitrogen and oxygen atoms in total. The molecule has 1 fully saturated rings. The number of amides is 1. The van der Waals surface area contributed by atoms with E-state index in [0.29, 0.717) is 12.0 Å². The second-order valence-corrected chi connectivity index (χ2v) is 9.33. The Hall–Kier alpha value is -3.54. The summed E-state index contributed by atoms with van der Waals surface area (Å²) in [7, 11) is 0. The van der Waals surface area contributed by atoms with Crippen LogP contribution in [-0.4, -0.2) is 22.0 Å². The molecule has 4 rings (SSSR count). The molecule has 1 saturated carbocycles. The van der Waals surface area contributed by atoms with Crippen LogP contribution in [0.3, 0.4) is 0 Å². The van der Waals surface area contributed by atoms with Gasteiger partial charge in [-0.15, -0.1) is 0 Å². The van der Waals surface area contributed by atoms with Gasteiger partial charge < -0.3 is 10.4 Å². The molecule has 6 heteroatoms. The average Bonchev–Trinajstić information content (AvgIpc) is 3.39. The number of carboxylic acid groups (broad SMARTS) is 1. The number of rotatable bonds is 9. The van der Waals surface area contributed by atoms with Gasteiger partial charge >= 0.3 is 5.97 Å². The van der Waals surface area contributed by atoms with Gasteiger partial charge in [-0.3, -0.25) is 14.6 Å². The molecule has 182 valence electrons. The van der Waals surface area contributed by atoms with Crippen LogP contribution >= 0.6 is 0 Å². The SMILES string of the molecule is Cc1c(CCC(=O)O)cccc1NC(=O)[C@@H](c1ccc(-c2cncc(CF)c2)cc1)C1CCCC1. The van der Waals surface area contributed by atoms with Gasteiger partial charge in [0.1, 0.15) is 6.67 Å². The molecule has 1 atom stereocenters. The fourth-order valence-electron chi connectivity index (χ4n) is 5.07. The van der Waals surface area contributed by atoms with Crippen LogP contribution in [0.25, 0.3) is 11.1 Å². The van der Waals surface area contributed by atoms with Crippen LogP contribution in [0, 0.1) is 12.8 Å². The van der Waals surface area contributed by atoms with Crippen molar-refractivity contribution in [1.29, 1.82) is 0 Å². The summed E-state index contributed by atoms with van der Waals surface area (Å²) in [5.41, 5.74) is 5.85. The lowest BCUT2D eigenvalue weighted by atomic mass is 9.83. The Morgan fingerprint density at radius 2 is 1.83 bits per heavy atom. The van der Waals surface area contributed by atoms with Crippen LogP contribution in [0.15, 0.2) is 60.9 Å². The van der Waals surface area contributed by atoms with Crippen LogP contribution < -0.4 is 5.32 Å². The van der Waals surface area contributed by atoms with E-state index in [0.717, 1.165) is 59.2 Å². The lowest BCUT2D eigenvalue weighted by Crippen LogP contribution is -2.27. The summed E-state index contributed by atoms with van der Waals surface area (Å²) in [4.78, 5) is 28.7. The summed E-state index contributed by atoms with van der Waals surface area (Å²) in [6.07, 6.45) is 8.00. The van der Waals surface area contributed by atoms with Crippen LogP contribution in [0.2, 0.25) is 0 Å². The molecule has 3 aromatic rings. The third kappa shape index (κ3) is 5.94. The molecule has 2 N–H and O–H groups in total. The maximum Gasteiger partial charge on any atom is 0.303 e. The van der Waals surface area contributed by atoms with Crippen molar-refractivity contribution in [2.75, 3.05) is 5.32 Å². The zero-order valence-electron chi connectivity index (χ0n) is 20.0. The zero-order chi connectivity index (χ0) is 24.8. The van der Waals surface area contributed by atoms with E-state index < -0.39 is 12.6 Å². The van der Waals surface area contributed by atoms with Gasteiger partial charge in [-0.05, 0) is 66.5 Å². The second kappa shape index (κ2) is 11.3. The highest BCUT2D eigenvalue weighted by Gasteiger charge is 2.32. The number of pyridine rings is 1. The number of carbonyl (C=O) groups excluding carboxylic acids is 1. The average molecular weight is 475 g/mol. The number of aliphatic carboxylic acids is 1. The van der Waals surface area contributed by atoms with E-state index in [4.69, 9.17) is 5.11 Å². The summed E-state index contributed by atoms with van der Waals surface area (Å²) in [6, 6.07) is 15.4. The van der Waals surface area contributed by atoms with Crippen LogP contribution in [0.4, 0.5) is 10.1 Å². The zero-order valence-corrected chi connectivity index (χ0v) is 20.0. The highest BCUT2D eigenvalue weighted by Crippen LogP contribution is 2.39. The predicted molar refractivity (Wildman–Crippen MR) is 135 cm³/mol. The van der Waals surface area contributed by atoms with E-state index in [9.17, 15) is 14.0 Å². The summed E-state index contributed by atoms with van der Waals surface area (Å²) >= 11 is 0. The fraction of sp³-hybridized carbons (Fsp3) is 0.345. The third-order valence-electron chi connectivity index (χ3n) is 7.02. The van der Waals surface area contributed by atoms with Gasteiger partial charge in [-0.25, -0.2) is 4.39 Å². The molecule has 35 heavy (non-hydrogen) atoms. The number of nitrogens with one attached hydrogen (secondary N) is 1. The smallest absolute Gasteiger partial charge is 0.303 e. The molecule has 1 aliphatic carbocycles. The van der Waals surface area contributed by atoms with Crippen molar-refractivity contribution in [1.82, 2.24) is 4.98 Å². The first-order valence-electron chi connectivity index (χ1n) is 12.2. The normalized spacial score (nSPS) is 14.6. The number of nitrogens with zero attached hydrogens (tertiary/aromatic N) is 1. The number of hydrogen-bond acceptors (Lipinski definition) is 3. The maximum absolute atomic E-state index is 13.6. The highest BCUT2D eigenvalue weighted by molar-refractivity contribution is 5.97. The number of halogens is 1. The van der Waals surface area contributed by atoms with Crippen LogP contribution in [0.5, 0.6) is 0 Å². The topological polar surface area (TPSA) is 79.3 Å².